The van der Waals surface area contributed by atoms with Crippen LogP contribution in [0.15, 0.2) is 18.2 Å². The predicted octanol–water partition coefficient (Wildman–Crippen LogP) is 3.18. The maximum atomic E-state index is 14.4. The van der Waals surface area contributed by atoms with Gasteiger partial charge in [-0.05, 0) is 44.0 Å². The lowest BCUT2D eigenvalue weighted by Gasteiger charge is -2.37. The predicted molar refractivity (Wildman–Crippen MR) is 85.2 cm³/mol. The van der Waals surface area contributed by atoms with E-state index in [4.69, 9.17) is 4.74 Å². The lowest BCUT2D eigenvalue weighted by Crippen LogP contribution is -2.45. The Morgan fingerprint density at radius 2 is 1.95 bits per heavy atom. The fraction of sp³-hybridized carbons (Fsp3) is 0.647. The van der Waals surface area contributed by atoms with Gasteiger partial charge in [0.25, 0.3) is 0 Å². The van der Waals surface area contributed by atoms with E-state index in [1.54, 1.807) is 6.07 Å². The number of anilines is 1. The Labute approximate surface area is 127 Å². The number of hydrogen-bond acceptors (Lipinski definition) is 3. The van der Waals surface area contributed by atoms with Gasteiger partial charge in [0.2, 0.25) is 0 Å². The van der Waals surface area contributed by atoms with Crippen molar-refractivity contribution >= 4 is 5.69 Å². The van der Waals surface area contributed by atoms with Gasteiger partial charge in [-0.15, -0.1) is 0 Å². The van der Waals surface area contributed by atoms with Crippen LogP contribution in [0, 0.1) is 11.7 Å². The molecule has 2 unspecified atom stereocenters. The molecule has 21 heavy (non-hydrogen) atoms. The van der Waals surface area contributed by atoms with E-state index in [2.05, 4.69) is 24.1 Å². The molecule has 1 heterocycles. The summed E-state index contributed by atoms with van der Waals surface area (Å²) < 4.78 is 20.1. The standard InChI is InChI=1S/C17H27FN2O/c1-12(2)8-19-9-15-5-6-17(16(18)7-15)20-10-13(3)21-14(4)11-20/h5-7,12-14,19H,8-11H2,1-4H3. The van der Waals surface area contributed by atoms with Crippen LogP contribution in [0.25, 0.3) is 0 Å². The van der Waals surface area contributed by atoms with Crippen LogP contribution in [0.2, 0.25) is 0 Å². The molecule has 0 aromatic heterocycles. The lowest BCUT2D eigenvalue weighted by atomic mass is 10.1. The zero-order chi connectivity index (χ0) is 15.4. The quantitative estimate of drug-likeness (QED) is 0.902. The van der Waals surface area contributed by atoms with Crippen LogP contribution in [-0.4, -0.2) is 31.8 Å². The van der Waals surface area contributed by atoms with E-state index in [1.807, 2.05) is 26.0 Å². The minimum atomic E-state index is -0.139. The number of rotatable bonds is 5. The summed E-state index contributed by atoms with van der Waals surface area (Å²) in [5, 5.41) is 3.34. The second-order valence-corrected chi connectivity index (χ2v) is 6.47. The minimum absolute atomic E-state index is 0.139. The Hall–Kier alpha value is -1.13. The molecule has 1 aliphatic heterocycles. The zero-order valence-electron chi connectivity index (χ0n) is 13.5. The Balaban J connectivity index is 2.01. The summed E-state index contributed by atoms with van der Waals surface area (Å²) in [5.74, 6) is 0.464. The van der Waals surface area contributed by atoms with Crippen LogP contribution >= 0.6 is 0 Å². The number of nitrogens with zero attached hydrogens (tertiary/aromatic N) is 1. The Morgan fingerprint density at radius 3 is 2.52 bits per heavy atom. The largest absolute Gasteiger partial charge is 0.372 e. The van der Waals surface area contributed by atoms with Gasteiger partial charge < -0.3 is 15.0 Å². The van der Waals surface area contributed by atoms with Gasteiger partial charge in [0.05, 0.1) is 17.9 Å². The molecule has 0 aliphatic carbocycles. The van der Waals surface area contributed by atoms with Crippen LogP contribution in [0.5, 0.6) is 0 Å². The zero-order valence-corrected chi connectivity index (χ0v) is 13.5. The van der Waals surface area contributed by atoms with Crippen LogP contribution in [0.4, 0.5) is 10.1 Å². The molecular formula is C17H27FN2O. The van der Waals surface area contributed by atoms with Gasteiger partial charge in [0, 0.05) is 19.6 Å². The van der Waals surface area contributed by atoms with Crippen molar-refractivity contribution in [3.05, 3.63) is 29.6 Å². The summed E-state index contributed by atoms with van der Waals surface area (Å²) in [5.41, 5.74) is 1.68. The molecule has 0 saturated carbocycles. The molecule has 2 atom stereocenters. The molecule has 1 aliphatic rings. The van der Waals surface area contributed by atoms with Crippen LogP contribution in [0.1, 0.15) is 33.3 Å². The smallest absolute Gasteiger partial charge is 0.146 e. The third-order valence-electron chi connectivity index (χ3n) is 3.65. The highest BCUT2D eigenvalue weighted by Crippen LogP contribution is 2.24. The van der Waals surface area contributed by atoms with Crippen molar-refractivity contribution in [2.45, 2.75) is 46.4 Å². The Morgan fingerprint density at radius 1 is 1.29 bits per heavy atom. The van der Waals surface area contributed by atoms with E-state index < -0.39 is 0 Å². The first-order valence-corrected chi connectivity index (χ1v) is 7.85. The first-order valence-electron chi connectivity index (χ1n) is 7.85. The molecule has 4 heteroatoms. The highest BCUT2D eigenvalue weighted by atomic mass is 19.1. The molecule has 0 spiro atoms. The third kappa shape index (κ3) is 4.68. The number of ether oxygens (including phenoxy) is 1. The molecule has 1 fully saturated rings. The van der Waals surface area contributed by atoms with E-state index in [-0.39, 0.29) is 18.0 Å². The number of hydrogen-bond donors (Lipinski definition) is 1. The molecule has 0 radical (unpaired) electrons. The van der Waals surface area contributed by atoms with E-state index in [9.17, 15) is 4.39 Å². The molecule has 1 aromatic carbocycles. The van der Waals surface area contributed by atoms with Crippen molar-refractivity contribution in [2.24, 2.45) is 5.92 Å². The summed E-state index contributed by atoms with van der Waals surface area (Å²) in [4.78, 5) is 2.08. The maximum absolute atomic E-state index is 14.4. The lowest BCUT2D eigenvalue weighted by molar-refractivity contribution is -0.00539. The van der Waals surface area contributed by atoms with Crippen molar-refractivity contribution in [3.63, 3.8) is 0 Å². The number of halogens is 1. The first kappa shape index (κ1) is 16.2. The second kappa shape index (κ2) is 7.23. The second-order valence-electron chi connectivity index (χ2n) is 6.47. The molecule has 1 aromatic rings. The summed E-state index contributed by atoms with van der Waals surface area (Å²) in [6.45, 7) is 11.5. The number of nitrogens with one attached hydrogen (secondary N) is 1. The summed E-state index contributed by atoms with van der Waals surface area (Å²) in [6, 6.07) is 5.55. The monoisotopic (exact) mass is 294 g/mol. The average molecular weight is 294 g/mol. The van der Waals surface area contributed by atoms with Crippen LogP contribution in [0.3, 0.4) is 0 Å². The van der Waals surface area contributed by atoms with Crippen LogP contribution in [-0.2, 0) is 11.3 Å². The Bertz CT molecular complexity index is 454. The van der Waals surface area contributed by atoms with E-state index in [0.29, 0.717) is 18.2 Å². The average Bonchev–Trinajstić information content (AvgIpc) is 2.37. The van der Waals surface area contributed by atoms with Gasteiger partial charge in [-0.25, -0.2) is 4.39 Å². The van der Waals surface area contributed by atoms with Gasteiger partial charge in [0.1, 0.15) is 5.82 Å². The SMILES string of the molecule is CC(C)CNCc1ccc(N2CC(C)OC(C)C2)c(F)c1. The molecule has 0 amide bonds. The summed E-state index contributed by atoms with van der Waals surface area (Å²) >= 11 is 0. The van der Waals surface area contributed by atoms with E-state index in [1.165, 1.54) is 0 Å². The fourth-order valence-electron chi connectivity index (χ4n) is 2.80. The van der Waals surface area contributed by atoms with E-state index in [0.717, 1.165) is 25.2 Å². The highest BCUT2D eigenvalue weighted by molar-refractivity contribution is 5.49. The first-order chi connectivity index (χ1) is 9.95. The third-order valence-corrected chi connectivity index (χ3v) is 3.65. The van der Waals surface area contributed by atoms with Crippen molar-refractivity contribution in [1.29, 1.82) is 0 Å². The topological polar surface area (TPSA) is 24.5 Å². The highest BCUT2D eigenvalue weighted by Gasteiger charge is 2.24. The molecule has 3 nitrogen and oxygen atoms in total. The Kier molecular flexibility index (Phi) is 5.59. The minimum Gasteiger partial charge on any atom is -0.372 e. The summed E-state index contributed by atoms with van der Waals surface area (Å²) in [6.07, 6.45) is 0.279. The summed E-state index contributed by atoms with van der Waals surface area (Å²) in [7, 11) is 0. The van der Waals surface area contributed by atoms with Crippen molar-refractivity contribution < 1.29 is 9.13 Å². The van der Waals surface area contributed by atoms with Gasteiger partial charge in [-0.2, -0.15) is 0 Å². The molecule has 1 saturated heterocycles. The van der Waals surface area contributed by atoms with Gasteiger partial charge in [0.15, 0.2) is 0 Å². The molecule has 2 rings (SSSR count). The van der Waals surface area contributed by atoms with Crippen molar-refractivity contribution in [3.8, 4) is 0 Å². The van der Waals surface area contributed by atoms with E-state index >= 15 is 0 Å². The number of morpholine rings is 1. The van der Waals surface area contributed by atoms with Gasteiger partial charge >= 0.3 is 0 Å². The maximum Gasteiger partial charge on any atom is 0.146 e. The number of benzene rings is 1. The normalized spacial score (nSPS) is 22.9. The van der Waals surface area contributed by atoms with Crippen molar-refractivity contribution in [1.82, 2.24) is 5.32 Å². The van der Waals surface area contributed by atoms with Crippen LogP contribution < -0.4 is 10.2 Å². The van der Waals surface area contributed by atoms with Crippen molar-refractivity contribution in [2.75, 3.05) is 24.5 Å². The molecule has 1 N–H and O–H groups in total. The molecular weight excluding hydrogens is 267 g/mol. The fourth-order valence-corrected chi connectivity index (χ4v) is 2.80. The van der Waals surface area contributed by atoms with Gasteiger partial charge in [-0.1, -0.05) is 19.9 Å². The van der Waals surface area contributed by atoms with Gasteiger partial charge in [-0.3, -0.25) is 0 Å². The molecule has 118 valence electrons. The molecule has 0 bridgehead atoms.